The molecule has 11 heteroatoms. The summed E-state index contributed by atoms with van der Waals surface area (Å²) < 4.78 is 16.7. The highest BCUT2D eigenvalue weighted by Crippen LogP contribution is 2.23. The summed E-state index contributed by atoms with van der Waals surface area (Å²) in [5, 5.41) is 54.2. The minimum atomic E-state index is -1.57. The van der Waals surface area contributed by atoms with E-state index < -0.39 is 49.5 Å². The molecule has 1 saturated heterocycles. The zero-order chi connectivity index (χ0) is 57.3. The van der Waals surface area contributed by atoms with Gasteiger partial charge in [-0.1, -0.05) is 301 Å². The first-order valence-corrected chi connectivity index (χ1v) is 34.1. The molecule has 0 aromatic rings. The maximum absolute atomic E-state index is 13.0. The van der Waals surface area contributed by atoms with Gasteiger partial charge in [-0.2, -0.15) is 0 Å². The molecule has 0 radical (unpaired) electrons. The Hall–Kier alpha value is -1.86. The zero-order valence-corrected chi connectivity index (χ0v) is 51.6. The Bertz CT molecular complexity index is 1360. The van der Waals surface area contributed by atoms with Crippen molar-refractivity contribution in [1.29, 1.82) is 0 Å². The first kappa shape index (κ1) is 75.2. The van der Waals surface area contributed by atoms with Gasteiger partial charge >= 0.3 is 5.97 Å². The van der Waals surface area contributed by atoms with Crippen LogP contribution in [0.5, 0.6) is 0 Å². The van der Waals surface area contributed by atoms with Gasteiger partial charge < -0.3 is 45.1 Å². The number of aliphatic hydroxyl groups excluding tert-OH is 5. The van der Waals surface area contributed by atoms with Gasteiger partial charge in [-0.05, 0) is 44.9 Å². The Morgan fingerprint density at radius 2 is 0.823 bits per heavy atom. The summed E-state index contributed by atoms with van der Waals surface area (Å²) >= 11 is 0. The van der Waals surface area contributed by atoms with Gasteiger partial charge in [0.2, 0.25) is 5.91 Å². The quantitative estimate of drug-likeness (QED) is 0.0195. The number of hydrogen-bond donors (Lipinski definition) is 6. The van der Waals surface area contributed by atoms with E-state index in [1.54, 1.807) is 6.08 Å². The molecule has 1 aliphatic rings. The molecule has 1 rings (SSSR count). The summed E-state index contributed by atoms with van der Waals surface area (Å²) in [6.45, 7) is 4.31. The zero-order valence-electron chi connectivity index (χ0n) is 51.6. The minimum Gasteiger partial charge on any atom is -0.466 e. The predicted molar refractivity (Wildman–Crippen MR) is 329 cm³/mol. The van der Waals surface area contributed by atoms with Crippen LogP contribution in [0.1, 0.15) is 335 Å². The molecule has 7 atom stereocenters. The van der Waals surface area contributed by atoms with Crippen molar-refractivity contribution in [3.63, 3.8) is 0 Å². The fourth-order valence-electron chi connectivity index (χ4n) is 10.9. The minimum absolute atomic E-state index is 0.0125. The lowest BCUT2D eigenvalue weighted by molar-refractivity contribution is -0.302. The predicted octanol–water partition coefficient (Wildman–Crippen LogP) is 16.8. The average molecular weight is 1120 g/mol. The lowest BCUT2D eigenvalue weighted by atomic mass is 9.99. The Kier molecular flexibility index (Phi) is 55.1. The number of esters is 1. The van der Waals surface area contributed by atoms with E-state index in [-0.39, 0.29) is 18.5 Å². The topological polar surface area (TPSA) is 175 Å². The average Bonchev–Trinajstić information content (AvgIpc) is 3.49. The van der Waals surface area contributed by atoms with Gasteiger partial charge in [0, 0.05) is 12.8 Å². The maximum atomic E-state index is 13.0. The Labute approximate surface area is 486 Å². The van der Waals surface area contributed by atoms with Gasteiger partial charge in [0.1, 0.15) is 24.4 Å². The van der Waals surface area contributed by atoms with Crippen molar-refractivity contribution in [1.82, 2.24) is 5.32 Å². The molecule has 0 aromatic carbocycles. The molecule has 0 aromatic heterocycles. The Balaban J connectivity index is 1.91. The molecule has 1 fully saturated rings. The van der Waals surface area contributed by atoms with Gasteiger partial charge in [0.15, 0.2) is 6.29 Å². The summed E-state index contributed by atoms with van der Waals surface area (Å²) in [7, 11) is 0. The summed E-state index contributed by atoms with van der Waals surface area (Å²) in [6, 6.07) is -0.822. The molecule has 1 aliphatic heterocycles. The van der Waals surface area contributed by atoms with E-state index in [0.717, 1.165) is 51.4 Å². The van der Waals surface area contributed by atoms with E-state index in [1.165, 1.54) is 257 Å². The van der Waals surface area contributed by atoms with Crippen molar-refractivity contribution >= 4 is 11.9 Å². The first-order chi connectivity index (χ1) is 38.7. The number of rotatable bonds is 60. The van der Waals surface area contributed by atoms with Crippen LogP contribution in [0.4, 0.5) is 0 Å². The summed E-state index contributed by atoms with van der Waals surface area (Å²) in [5.41, 5.74) is 0. The number of carbonyl (C=O) groups excluding carboxylic acids is 2. The fraction of sp³-hybridized carbons (Fsp3) is 0.912. The van der Waals surface area contributed by atoms with E-state index in [4.69, 9.17) is 14.2 Å². The third-order valence-corrected chi connectivity index (χ3v) is 16.3. The van der Waals surface area contributed by atoms with Crippen molar-refractivity contribution < 1.29 is 49.3 Å². The number of allylic oxidation sites excluding steroid dienone is 3. The van der Waals surface area contributed by atoms with E-state index >= 15 is 0 Å². The fourth-order valence-corrected chi connectivity index (χ4v) is 10.9. The number of amides is 1. The highest BCUT2D eigenvalue weighted by Gasteiger charge is 2.44. The molecule has 0 saturated carbocycles. The highest BCUT2D eigenvalue weighted by molar-refractivity contribution is 5.76. The number of carbonyl (C=O) groups is 2. The molecule has 0 spiro atoms. The van der Waals surface area contributed by atoms with Crippen LogP contribution in [0, 0.1) is 0 Å². The van der Waals surface area contributed by atoms with Crippen molar-refractivity contribution in [2.24, 2.45) is 0 Å². The standard InChI is InChI=1S/C68H129NO10/c1-3-5-7-9-11-13-35-40-44-48-52-56-64(73)77-57-53-49-45-41-37-34-32-30-28-26-24-22-20-18-16-14-15-17-19-21-23-25-27-29-31-33-36-39-43-47-51-55-63(72)69-60(61(71)54-50-46-42-38-12-10-8-6-4-2)59-78-68-67(76)66(75)65(74)62(58-70)79-68/h12,38,50,54,60-62,65-68,70-71,74-76H,3-11,13-37,39-49,51-53,55-59H2,1-2H3,(H,69,72)/b38-12+,54-50+. The van der Waals surface area contributed by atoms with Gasteiger partial charge in [0.05, 0.1) is 32.0 Å². The molecule has 11 nitrogen and oxygen atoms in total. The Morgan fingerprint density at radius 1 is 0.456 bits per heavy atom. The van der Waals surface area contributed by atoms with Crippen molar-refractivity contribution in [3.05, 3.63) is 24.3 Å². The first-order valence-electron chi connectivity index (χ1n) is 34.1. The largest absolute Gasteiger partial charge is 0.466 e. The monoisotopic (exact) mass is 1120 g/mol. The molecule has 466 valence electrons. The molecule has 0 bridgehead atoms. The molecule has 1 amide bonds. The number of ether oxygens (including phenoxy) is 3. The molecular weight excluding hydrogens is 991 g/mol. The van der Waals surface area contributed by atoms with E-state index in [9.17, 15) is 35.1 Å². The van der Waals surface area contributed by atoms with E-state index in [1.807, 2.05) is 6.08 Å². The van der Waals surface area contributed by atoms with E-state index in [2.05, 4.69) is 31.3 Å². The van der Waals surface area contributed by atoms with E-state index in [0.29, 0.717) is 19.4 Å². The molecule has 7 unspecified atom stereocenters. The Morgan fingerprint density at radius 3 is 1.25 bits per heavy atom. The van der Waals surface area contributed by atoms with Gasteiger partial charge in [-0.25, -0.2) is 0 Å². The van der Waals surface area contributed by atoms with Crippen molar-refractivity contribution in [2.75, 3.05) is 19.8 Å². The molecule has 79 heavy (non-hydrogen) atoms. The maximum Gasteiger partial charge on any atom is 0.305 e. The second-order valence-electron chi connectivity index (χ2n) is 23.9. The van der Waals surface area contributed by atoms with Crippen molar-refractivity contribution in [3.8, 4) is 0 Å². The highest BCUT2D eigenvalue weighted by atomic mass is 16.7. The van der Waals surface area contributed by atoms with Gasteiger partial charge in [-0.3, -0.25) is 9.59 Å². The number of nitrogens with one attached hydrogen (secondary N) is 1. The molecular formula is C68H129NO10. The summed E-state index contributed by atoms with van der Waals surface area (Å²) in [4.78, 5) is 25.0. The van der Waals surface area contributed by atoms with Crippen LogP contribution in [0.25, 0.3) is 0 Å². The third-order valence-electron chi connectivity index (χ3n) is 16.3. The third kappa shape index (κ3) is 47.2. The SMILES string of the molecule is CCCCC/C=C/CC/C=C/C(O)C(COC1OC(CO)C(O)C(O)C1O)NC(=O)CCCCCCCCCCCCCCCCCCCCCCCCCCCCCCCCCOC(=O)CCCCCCCCCCCCC. The normalized spacial score (nSPS) is 18.5. The summed E-state index contributed by atoms with van der Waals surface area (Å²) in [6.07, 6.45) is 61.9. The van der Waals surface area contributed by atoms with Crippen LogP contribution in [0.15, 0.2) is 24.3 Å². The number of hydrogen-bond acceptors (Lipinski definition) is 10. The molecule has 1 heterocycles. The van der Waals surface area contributed by atoms with Crippen LogP contribution in [0.3, 0.4) is 0 Å². The second-order valence-corrected chi connectivity index (χ2v) is 23.9. The van der Waals surface area contributed by atoms with Gasteiger partial charge in [-0.15, -0.1) is 0 Å². The molecule has 6 N–H and O–H groups in total. The van der Waals surface area contributed by atoms with Crippen LogP contribution in [-0.4, -0.2) is 100 Å². The van der Waals surface area contributed by atoms with Crippen LogP contribution >= 0.6 is 0 Å². The smallest absolute Gasteiger partial charge is 0.305 e. The number of unbranched alkanes of at least 4 members (excludes halogenated alkanes) is 44. The molecule has 0 aliphatic carbocycles. The number of aliphatic hydroxyl groups is 5. The lowest BCUT2D eigenvalue weighted by Gasteiger charge is -2.40. The van der Waals surface area contributed by atoms with Crippen LogP contribution in [-0.2, 0) is 23.8 Å². The van der Waals surface area contributed by atoms with Crippen LogP contribution in [0.2, 0.25) is 0 Å². The second kappa shape index (κ2) is 57.9. The van der Waals surface area contributed by atoms with Crippen LogP contribution < -0.4 is 5.32 Å². The summed E-state index contributed by atoms with van der Waals surface area (Å²) in [5.74, 6) is -0.176. The van der Waals surface area contributed by atoms with Gasteiger partial charge in [0.25, 0.3) is 0 Å². The lowest BCUT2D eigenvalue weighted by Crippen LogP contribution is -2.60. The van der Waals surface area contributed by atoms with Crippen molar-refractivity contribution in [2.45, 2.75) is 378 Å².